The Bertz CT molecular complexity index is 1970. The SMILES string of the molecule is CC1=CC(N(C2=C(C)CC(c3ccccc3)=C2)C2C=CC=C2)=CCc2c(cccc2/C(N)=C/C(=C2/C=CC=CC2)c2ccccc2)C1. The summed E-state index contributed by atoms with van der Waals surface area (Å²) in [6, 6.07) is 28.2. The Morgan fingerprint density at radius 3 is 2.30 bits per heavy atom. The lowest BCUT2D eigenvalue weighted by Gasteiger charge is -2.33. The van der Waals surface area contributed by atoms with Gasteiger partial charge in [-0.15, -0.1) is 0 Å². The van der Waals surface area contributed by atoms with Crippen molar-refractivity contribution in [3.05, 3.63) is 208 Å². The maximum atomic E-state index is 7.08. The second-order valence-electron chi connectivity index (χ2n) is 12.8. The second-order valence-corrected chi connectivity index (χ2v) is 12.8. The Kier molecular flexibility index (Phi) is 8.75. The van der Waals surface area contributed by atoms with Crippen LogP contribution in [0.5, 0.6) is 0 Å². The van der Waals surface area contributed by atoms with Gasteiger partial charge in [-0.2, -0.15) is 0 Å². The molecule has 0 atom stereocenters. The van der Waals surface area contributed by atoms with Gasteiger partial charge in [0.25, 0.3) is 0 Å². The lowest BCUT2D eigenvalue weighted by molar-refractivity contribution is 0.432. The van der Waals surface area contributed by atoms with Crippen LogP contribution < -0.4 is 5.73 Å². The van der Waals surface area contributed by atoms with E-state index in [1.54, 1.807) is 0 Å². The molecule has 0 unspecified atom stereocenters. The van der Waals surface area contributed by atoms with Crippen molar-refractivity contribution in [1.29, 1.82) is 0 Å². The van der Waals surface area contributed by atoms with Gasteiger partial charge in [-0.25, -0.2) is 0 Å². The van der Waals surface area contributed by atoms with E-state index in [0.717, 1.165) is 36.9 Å². The average molecular weight is 611 g/mol. The van der Waals surface area contributed by atoms with Gasteiger partial charge in [-0.3, -0.25) is 0 Å². The average Bonchev–Trinajstić information content (AvgIpc) is 3.77. The number of nitrogens with two attached hydrogens (primary N) is 1. The summed E-state index contributed by atoms with van der Waals surface area (Å²) < 4.78 is 0. The van der Waals surface area contributed by atoms with E-state index in [1.165, 1.54) is 61.5 Å². The zero-order valence-corrected chi connectivity index (χ0v) is 27.4. The first-order chi connectivity index (χ1) is 23.0. The third-order valence-corrected chi connectivity index (χ3v) is 9.49. The largest absolute Gasteiger partial charge is 0.398 e. The maximum absolute atomic E-state index is 7.08. The lowest BCUT2D eigenvalue weighted by Crippen LogP contribution is -2.30. The van der Waals surface area contributed by atoms with Gasteiger partial charge in [0.05, 0.1) is 6.04 Å². The van der Waals surface area contributed by atoms with Crippen molar-refractivity contribution in [2.24, 2.45) is 5.73 Å². The highest BCUT2D eigenvalue weighted by Gasteiger charge is 2.27. The molecule has 0 fully saturated rings. The number of rotatable bonds is 7. The fraction of sp³-hybridized carbons (Fsp3) is 0.156. The van der Waals surface area contributed by atoms with Crippen LogP contribution in [0.4, 0.5) is 0 Å². The van der Waals surface area contributed by atoms with Crippen LogP contribution in [0.15, 0.2) is 180 Å². The molecule has 4 aliphatic carbocycles. The number of hydrogen-bond acceptors (Lipinski definition) is 2. The summed E-state index contributed by atoms with van der Waals surface area (Å²) >= 11 is 0. The third-order valence-electron chi connectivity index (χ3n) is 9.49. The van der Waals surface area contributed by atoms with E-state index in [2.05, 4.69) is 171 Å². The number of hydrogen-bond donors (Lipinski definition) is 1. The highest BCUT2D eigenvalue weighted by atomic mass is 15.2. The lowest BCUT2D eigenvalue weighted by atomic mass is 9.88. The molecule has 232 valence electrons. The quantitative estimate of drug-likeness (QED) is 0.288. The molecule has 3 aromatic carbocycles. The van der Waals surface area contributed by atoms with Gasteiger partial charge < -0.3 is 10.6 Å². The van der Waals surface area contributed by atoms with Gasteiger partial charge >= 0.3 is 0 Å². The van der Waals surface area contributed by atoms with E-state index in [9.17, 15) is 0 Å². The minimum atomic E-state index is 0.165. The molecule has 0 spiro atoms. The Labute approximate surface area is 280 Å². The molecule has 7 rings (SSSR count). The van der Waals surface area contributed by atoms with Crippen LogP contribution in [-0.2, 0) is 12.8 Å². The smallest absolute Gasteiger partial charge is 0.0712 e. The van der Waals surface area contributed by atoms with Crippen LogP contribution in [0.1, 0.15) is 54.5 Å². The molecule has 4 aliphatic rings. The van der Waals surface area contributed by atoms with Crippen molar-refractivity contribution < 1.29 is 0 Å². The van der Waals surface area contributed by atoms with Gasteiger partial charge in [0.2, 0.25) is 0 Å². The summed E-state index contributed by atoms with van der Waals surface area (Å²) in [6.45, 7) is 4.54. The minimum Gasteiger partial charge on any atom is -0.398 e. The molecular formula is C45H42N2. The fourth-order valence-corrected chi connectivity index (χ4v) is 7.17. The first-order valence-electron chi connectivity index (χ1n) is 16.7. The standard InChI is InChI=1S/C45H42N2/c1-32-27-37-21-14-24-42(44(46)31-43(35-17-8-4-9-18-35)36-19-10-5-11-20-36)41(37)26-25-40(28-32)47(39-22-12-13-23-39)45-30-38(29-33(45)2)34-15-6-3-7-16-34/h3-19,21-25,28,30-31,39H,20,26-27,29,46H2,1-2H3/b32-28?,40-25?,43-36+,44-31-. The molecule has 0 radical (unpaired) electrons. The monoisotopic (exact) mass is 610 g/mol. The van der Waals surface area contributed by atoms with Gasteiger partial charge in [0.1, 0.15) is 0 Å². The molecule has 0 aromatic heterocycles. The summed E-state index contributed by atoms with van der Waals surface area (Å²) in [6.07, 6.45) is 30.5. The van der Waals surface area contributed by atoms with Crippen LogP contribution in [0.3, 0.4) is 0 Å². The third kappa shape index (κ3) is 6.50. The van der Waals surface area contributed by atoms with Gasteiger partial charge in [-0.1, -0.05) is 139 Å². The number of allylic oxidation sites excluding steroid dienone is 15. The van der Waals surface area contributed by atoms with Crippen molar-refractivity contribution in [3.8, 4) is 0 Å². The van der Waals surface area contributed by atoms with Gasteiger partial charge in [0, 0.05) is 22.7 Å². The van der Waals surface area contributed by atoms with Crippen LogP contribution in [0.2, 0.25) is 0 Å². The van der Waals surface area contributed by atoms with Gasteiger partial charge in [-0.05, 0) is 102 Å². The van der Waals surface area contributed by atoms with Crippen molar-refractivity contribution in [2.45, 2.75) is 45.6 Å². The first kappa shape index (κ1) is 30.3. The Hall–Kier alpha value is -5.34. The molecule has 47 heavy (non-hydrogen) atoms. The Morgan fingerprint density at radius 2 is 1.55 bits per heavy atom. The Balaban J connectivity index is 1.29. The van der Waals surface area contributed by atoms with E-state index in [1.807, 2.05) is 0 Å². The number of nitrogens with zero attached hydrogens (tertiary/aromatic N) is 1. The molecule has 0 amide bonds. The Morgan fingerprint density at radius 1 is 0.787 bits per heavy atom. The second kappa shape index (κ2) is 13.6. The summed E-state index contributed by atoms with van der Waals surface area (Å²) in [7, 11) is 0. The molecule has 0 heterocycles. The molecule has 0 saturated heterocycles. The highest BCUT2D eigenvalue weighted by Crippen LogP contribution is 2.39. The number of benzene rings is 3. The van der Waals surface area contributed by atoms with E-state index in [-0.39, 0.29) is 6.04 Å². The molecule has 2 heteroatoms. The zero-order chi connectivity index (χ0) is 32.2. The molecular weight excluding hydrogens is 569 g/mol. The fourth-order valence-electron chi connectivity index (χ4n) is 7.17. The predicted octanol–water partition coefficient (Wildman–Crippen LogP) is 10.4. The maximum Gasteiger partial charge on any atom is 0.0712 e. The summed E-state index contributed by atoms with van der Waals surface area (Å²) in [5.74, 6) is 0. The van der Waals surface area contributed by atoms with Crippen molar-refractivity contribution in [2.75, 3.05) is 0 Å². The van der Waals surface area contributed by atoms with Crippen LogP contribution >= 0.6 is 0 Å². The molecule has 2 nitrogen and oxygen atoms in total. The summed E-state index contributed by atoms with van der Waals surface area (Å²) in [5, 5.41) is 0. The van der Waals surface area contributed by atoms with E-state index < -0.39 is 0 Å². The minimum absolute atomic E-state index is 0.165. The molecule has 2 N–H and O–H groups in total. The molecule has 0 saturated carbocycles. The van der Waals surface area contributed by atoms with Crippen LogP contribution in [-0.4, -0.2) is 10.9 Å². The van der Waals surface area contributed by atoms with Crippen molar-refractivity contribution in [3.63, 3.8) is 0 Å². The summed E-state index contributed by atoms with van der Waals surface area (Å²) in [4.78, 5) is 2.53. The van der Waals surface area contributed by atoms with E-state index >= 15 is 0 Å². The van der Waals surface area contributed by atoms with Crippen LogP contribution in [0, 0.1) is 0 Å². The number of fused-ring (bicyclic) bond motifs is 1. The normalized spacial score (nSPS) is 18.9. The van der Waals surface area contributed by atoms with Gasteiger partial charge in [0.15, 0.2) is 0 Å². The van der Waals surface area contributed by atoms with Crippen molar-refractivity contribution >= 4 is 16.8 Å². The summed E-state index contributed by atoms with van der Waals surface area (Å²) in [5.41, 5.74) is 23.2. The molecule has 3 aromatic rings. The van der Waals surface area contributed by atoms with Crippen LogP contribution in [0.25, 0.3) is 16.8 Å². The van der Waals surface area contributed by atoms with Crippen molar-refractivity contribution in [1.82, 2.24) is 4.90 Å². The molecule has 0 aliphatic heterocycles. The topological polar surface area (TPSA) is 29.3 Å². The first-order valence-corrected chi connectivity index (χ1v) is 16.7. The van der Waals surface area contributed by atoms with E-state index in [0.29, 0.717) is 0 Å². The highest BCUT2D eigenvalue weighted by molar-refractivity contribution is 5.87. The van der Waals surface area contributed by atoms with E-state index in [4.69, 9.17) is 5.73 Å². The zero-order valence-electron chi connectivity index (χ0n) is 27.4. The molecule has 0 bridgehead atoms. The predicted molar refractivity (Wildman–Crippen MR) is 200 cm³/mol.